The van der Waals surface area contributed by atoms with Crippen LogP contribution in [0.15, 0.2) is 60.9 Å². The first-order chi connectivity index (χ1) is 20.2. The van der Waals surface area contributed by atoms with E-state index in [-0.39, 0.29) is 16.5 Å². The highest BCUT2D eigenvalue weighted by molar-refractivity contribution is 5.94. The molecule has 0 aliphatic carbocycles. The molecule has 1 amide bonds. The van der Waals surface area contributed by atoms with Gasteiger partial charge in [0.25, 0.3) is 5.91 Å². The third-order valence-electron chi connectivity index (χ3n) is 7.24. The number of rotatable bonds is 5. The summed E-state index contributed by atoms with van der Waals surface area (Å²) in [6.07, 6.45) is 6.41. The van der Waals surface area contributed by atoms with Gasteiger partial charge in [-0.3, -0.25) is 14.7 Å². The maximum Gasteiger partial charge on any atom is 0.253 e. The summed E-state index contributed by atoms with van der Waals surface area (Å²) < 4.78 is 47.2. The standard InChI is InChI=1S/C30H34N6O/c1-19-16-24(31)18-33-28(19)25-10-13-32-29-26(25)17-27(35(29)5)20(2)36-14-11-22(12-15-36)21-6-8-23(9-7-21)30(37)34(3)4/h6-11,13,16-18,20H,12,14-15,31H2,1-5H3/t20-/m0/s1/i3D3,4D3. The number of anilines is 1. The molecule has 1 aromatic carbocycles. The van der Waals surface area contributed by atoms with Crippen LogP contribution in [0.25, 0.3) is 27.9 Å². The van der Waals surface area contributed by atoms with E-state index in [4.69, 9.17) is 14.0 Å². The van der Waals surface area contributed by atoms with Gasteiger partial charge in [-0.15, -0.1) is 0 Å². The maximum atomic E-state index is 12.8. The monoisotopic (exact) mass is 500 g/mol. The van der Waals surface area contributed by atoms with Crippen molar-refractivity contribution in [3.05, 3.63) is 83.3 Å². The molecule has 37 heavy (non-hydrogen) atoms. The van der Waals surface area contributed by atoms with E-state index in [0.29, 0.717) is 12.2 Å². The highest BCUT2D eigenvalue weighted by Gasteiger charge is 2.24. The zero-order valence-corrected chi connectivity index (χ0v) is 21.2. The first-order valence-corrected chi connectivity index (χ1v) is 12.2. The number of carbonyl (C=O) groups excluding carboxylic acids is 1. The second kappa shape index (κ2) is 9.82. The second-order valence-electron chi connectivity index (χ2n) is 9.53. The Morgan fingerprint density at radius 1 is 1.16 bits per heavy atom. The Morgan fingerprint density at radius 2 is 1.95 bits per heavy atom. The van der Waals surface area contributed by atoms with E-state index in [1.807, 2.05) is 32.3 Å². The zero-order valence-electron chi connectivity index (χ0n) is 27.2. The molecule has 0 saturated carbocycles. The number of carbonyl (C=O) groups is 1. The average Bonchev–Trinajstić information content (AvgIpc) is 3.28. The summed E-state index contributed by atoms with van der Waals surface area (Å²) in [4.78, 5) is 24.4. The van der Waals surface area contributed by atoms with E-state index >= 15 is 0 Å². The van der Waals surface area contributed by atoms with Gasteiger partial charge in [-0.1, -0.05) is 18.2 Å². The van der Waals surface area contributed by atoms with Gasteiger partial charge in [0.05, 0.1) is 17.6 Å². The van der Waals surface area contributed by atoms with Crippen LogP contribution in [0.1, 0.15) is 54.8 Å². The number of amides is 1. The Kier molecular flexibility index (Phi) is 4.86. The first-order valence-electron chi connectivity index (χ1n) is 15.2. The normalized spacial score (nSPS) is 18.1. The number of benzene rings is 1. The van der Waals surface area contributed by atoms with Crippen molar-refractivity contribution in [2.45, 2.75) is 26.3 Å². The fraction of sp³-hybridized carbons (Fsp3) is 0.300. The lowest BCUT2D eigenvalue weighted by Crippen LogP contribution is -2.32. The van der Waals surface area contributed by atoms with E-state index in [0.717, 1.165) is 57.7 Å². The first kappa shape index (κ1) is 18.3. The Balaban J connectivity index is 1.34. The third kappa shape index (κ3) is 4.62. The molecule has 190 valence electrons. The molecular formula is C30H34N6O. The number of nitrogens with zero attached hydrogens (tertiary/aromatic N) is 5. The van der Waals surface area contributed by atoms with Crippen molar-refractivity contribution in [1.82, 2.24) is 24.3 Å². The topological polar surface area (TPSA) is 80.3 Å². The smallest absolute Gasteiger partial charge is 0.253 e. The van der Waals surface area contributed by atoms with Crippen LogP contribution in [0.3, 0.4) is 0 Å². The molecule has 0 fully saturated rings. The largest absolute Gasteiger partial charge is 0.397 e. The van der Waals surface area contributed by atoms with Crippen LogP contribution in [0.4, 0.5) is 5.69 Å². The van der Waals surface area contributed by atoms with Gasteiger partial charge in [0.15, 0.2) is 0 Å². The summed E-state index contributed by atoms with van der Waals surface area (Å²) in [7, 11) is 2.03. The number of nitrogen functional groups attached to an aromatic ring is 1. The molecular weight excluding hydrogens is 460 g/mol. The minimum absolute atomic E-state index is 0.00998. The summed E-state index contributed by atoms with van der Waals surface area (Å²) in [5.41, 5.74) is 13.5. The molecule has 1 atom stereocenters. The fourth-order valence-electron chi connectivity index (χ4n) is 5.17. The van der Waals surface area contributed by atoms with Crippen molar-refractivity contribution in [1.29, 1.82) is 0 Å². The van der Waals surface area contributed by atoms with Gasteiger partial charge in [-0.2, -0.15) is 0 Å². The fourth-order valence-corrected chi connectivity index (χ4v) is 5.17. The Bertz CT molecular complexity index is 1690. The number of aryl methyl sites for hydroxylation is 2. The van der Waals surface area contributed by atoms with Crippen molar-refractivity contribution >= 4 is 28.2 Å². The second-order valence-corrected chi connectivity index (χ2v) is 9.53. The number of hydrogen-bond donors (Lipinski definition) is 1. The molecule has 7 nitrogen and oxygen atoms in total. The molecule has 0 radical (unpaired) electrons. The number of nitrogens with two attached hydrogens (primary N) is 1. The average molecular weight is 501 g/mol. The molecule has 0 unspecified atom stereocenters. The Morgan fingerprint density at radius 3 is 2.62 bits per heavy atom. The van der Waals surface area contributed by atoms with E-state index in [9.17, 15) is 4.79 Å². The van der Waals surface area contributed by atoms with Gasteiger partial charge >= 0.3 is 0 Å². The molecule has 4 heterocycles. The van der Waals surface area contributed by atoms with Crippen LogP contribution in [-0.2, 0) is 7.05 Å². The van der Waals surface area contributed by atoms with Crippen molar-refractivity contribution in [2.24, 2.45) is 7.05 Å². The van der Waals surface area contributed by atoms with E-state index < -0.39 is 19.9 Å². The lowest BCUT2D eigenvalue weighted by molar-refractivity contribution is 0.0827. The number of aromatic nitrogens is 3. The molecule has 3 aromatic heterocycles. The maximum absolute atomic E-state index is 12.8. The number of pyridine rings is 2. The quantitative estimate of drug-likeness (QED) is 0.413. The highest BCUT2D eigenvalue weighted by Crippen LogP contribution is 2.35. The number of fused-ring (bicyclic) bond motifs is 1. The van der Waals surface area contributed by atoms with E-state index in [1.165, 1.54) is 12.1 Å². The van der Waals surface area contributed by atoms with E-state index in [2.05, 4.69) is 38.5 Å². The summed E-state index contributed by atoms with van der Waals surface area (Å²) in [6, 6.07) is 12.6. The predicted octanol–water partition coefficient (Wildman–Crippen LogP) is 5.08. The molecule has 1 aliphatic heterocycles. The summed E-state index contributed by atoms with van der Waals surface area (Å²) in [5.74, 6) is -1.06. The molecule has 0 bridgehead atoms. The van der Waals surface area contributed by atoms with Gasteiger partial charge in [-0.05, 0) is 67.3 Å². The number of hydrogen-bond acceptors (Lipinski definition) is 5. The van der Waals surface area contributed by atoms with Gasteiger partial charge < -0.3 is 15.2 Å². The van der Waals surface area contributed by atoms with Gasteiger partial charge in [0.1, 0.15) is 5.65 Å². The molecule has 0 saturated heterocycles. The summed E-state index contributed by atoms with van der Waals surface area (Å²) in [6.45, 7) is -0.462. The zero-order chi connectivity index (χ0) is 31.3. The van der Waals surface area contributed by atoms with Crippen molar-refractivity contribution in [2.75, 3.05) is 32.8 Å². The van der Waals surface area contributed by atoms with Crippen LogP contribution in [0, 0.1) is 6.92 Å². The molecule has 4 aromatic rings. The van der Waals surface area contributed by atoms with Crippen molar-refractivity contribution in [3.63, 3.8) is 0 Å². The molecule has 0 spiro atoms. The van der Waals surface area contributed by atoms with Crippen LogP contribution >= 0.6 is 0 Å². The molecule has 1 aliphatic rings. The predicted molar refractivity (Wildman–Crippen MR) is 150 cm³/mol. The summed E-state index contributed by atoms with van der Waals surface area (Å²) >= 11 is 0. The lowest BCUT2D eigenvalue weighted by Gasteiger charge is -2.32. The highest BCUT2D eigenvalue weighted by atomic mass is 16.2. The Labute approximate surface area is 226 Å². The van der Waals surface area contributed by atoms with Crippen LogP contribution in [0.5, 0.6) is 0 Å². The van der Waals surface area contributed by atoms with Crippen LogP contribution < -0.4 is 5.73 Å². The SMILES string of the molecule is [2H]C([2H])([2H])N(C(=O)c1ccc(C2=CCN([C@@H](C)c3cc4c(-c5ncc(N)cc5C)ccnc4n3C)CC2)cc1)C([2H])([2H])[2H]. The van der Waals surface area contributed by atoms with Gasteiger partial charge in [0, 0.05) is 76.8 Å². The molecule has 7 heteroatoms. The molecule has 2 N–H and O–H groups in total. The minimum atomic E-state index is -3.08. The van der Waals surface area contributed by atoms with Crippen LogP contribution in [-0.4, -0.2) is 57.3 Å². The van der Waals surface area contributed by atoms with Gasteiger partial charge in [0.2, 0.25) is 0 Å². The van der Waals surface area contributed by atoms with Gasteiger partial charge in [-0.25, -0.2) is 4.98 Å². The van der Waals surface area contributed by atoms with Crippen molar-refractivity contribution < 1.29 is 13.0 Å². The Hall–Kier alpha value is -3.97. The third-order valence-corrected chi connectivity index (χ3v) is 7.24. The van der Waals surface area contributed by atoms with Crippen LogP contribution in [0.2, 0.25) is 0 Å². The van der Waals surface area contributed by atoms with Crippen molar-refractivity contribution in [3.8, 4) is 11.3 Å². The molecule has 5 rings (SSSR count). The minimum Gasteiger partial charge on any atom is -0.397 e. The van der Waals surface area contributed by atoms with E-state index in [1.54, 1.807) is 18.3 Å². The summed E-state index contributed by atoms with van der Waals surface area (Å²) in [5, 5.41) is 1.03. The lowest BCUT2D eigenvalue weighted by atomic mass is 9.97.